The molecule has 2 N–H and O–H groups in total. The molecule has 9 heteroatoms. The van der Waals surface area contributed by atoms with E-state index in [0.717, 1.165) is 36.0 Å². The number of anilines is 1. The molecule has 3 aromatic heterocycles. The number of alkyl halides is 1. The maximum absolute atomic E-state index is 14.9. The van der Waals surface area contributed by atoms with Crippen molar-refractivity contribution in [3.63, 3.8) is 0 Å². The predicted molar refractivity (Wildman–Crippen MR) is 123 cm³/mol. The molecular formula is C24H24FN7O. The Morgan fingerprint density at radius 1 is 1.12 bits per heavy atom. The Morgan fingerprint density at radius 2 is 2.00 bits per heavy atom. The van der Waals surface area contributed by atoms with Crippen LogP contribution in [0.15, 0.2) is 55.2 Å². The number of phenolic OH excluding ortho intramolecular Hbond substituents is 1. The van der Waals surface area contributed by atoms with Gasteiger partial charge in [0.2, 0.25) is 0 Å². The van der Waals surface area contributed by atoms with Gasteiger partial charge in [-0.15, -0.1) is 10.2 Å². The second-order valence-corrected chi connectivity index (χ2v) is 8.91. The highest BCUT2D eigenvalue weighted by atomic mass is 19.1. The number of nitrogens with zero attached hydrogens (tertiary/aromatic N) is 6. The van der Waals surface area contributed by atoms with Crippen LogP contribution in [0.4, 0.5) is 10.2 Å². The van der Waals surface area contributed by atoms with Gasteiger partial charge in [0.1, 0.15) is 24.1 Å². The van der Waals surface area contributed by atoms with Crippen molar-refractivity contribution >= 4 is 11.5 Å². The average molecular weight is 446 g/mol. The standard InChI is InChI=1S/C24H24FN7O/c1-31(20-10-16-3-5-18(29-16)24(20)25)23-12-26-19(11-27-23)17-4-2-14(8-21(17)33)15-6-7-32-13-28-30-22(32)9-15/h2,4,6-9,11-13,16,18,20,24,29,33H,3,5,10H2,1H3/t16-,18+,20-,24+/m1/s1. The highest BCUT2D eigenvalue weighted by molar-refractivity contribution is 5.75. The summed E-state index contributed by atoms with van der Waals surface area (Å²) in [5, 5.41) is 22.0. The van der Waals surface area contributed by atoms with E-state index in [2.05, 4.69) is 25.5 Å². The van der Waals surface area contributed by atoms with Crippen LogP contribution >= 0.6 is 0 Å². The lowest BCUT2D eigenvalue weighted by atomic mass is 9.96. The number of phenols is 1. The first-order chi connectivity index (χ1) is 16.1. The molecule has 2 aliphatic heterocycles. The van der Waals surface area contributed by atoms with E-state index in [1.54, 1.807) is 24.8 Å². The molecule has 2 fully saturated rings. The molecule has 0 amide bonds. The van der Waals surface area contributed by atoms with Crippen molar-refractivity contribution in [3.05, 3.63) is 55.2 Å². The van der Waals surface area contributed by atoms with Gasteiger partial charge in [-0.1, -0.05) is 6.07 Å². The van der Waals surface area contributed by atoms with Crippen LogP contribution in [0.25, 0.3) is 28.0 Å². The van der Waals surface area contributed by atoms with Crippen LogP contribution in [-0.4, -0.2) is 61.0 Å². The Kier molecular flexibility index (Phi) is 4.72. The van der Waals surface area contributed by atoms with Crippen LogP contribution in [0.3, 0.4) is 0 Å². The minimum atomic E-state index is -0.927. The number of aromatic hydroxyl groups is 1. The number of hydrogen-bond acceptors (Lipinski definition) is 7. The van der Waals surface area contributed by atoms with E-state index in [0.29, 0.717) is 23.1 Å². The van der Waals surface area contributed by atoms with Crippen molar-refractivity contribution in [3.8, 4) is 28.1 Å². The number of benzene rings is 1. The molecule has 33 heavy (non-hydrogen) atoms. The minimum absolute atomic E-state index is 0.0654. The summed E-state index contributed by atoms with van der Waals surface area (Å²) < 4.78 is 16.7. The number of pyridine rings is 1. The fourth-order valence-corrected chi connectivity index (χ4v) is 5.09. The molecule has 0 radical (unpaired) electrons. The zero-order valence-electron chi connectivity index (χ0n) is 18.1. The van der Waals surface area contributed by atoms with Gasteiger partial charge in [0.15, 0.2) is 5.65 Å². The molecule has 0 aliphatic carbocycles. The average Bonchev–Trinajstić information content (AvgIpc) is 3.48. The van der Waals surface area contributed by atoms with Crippen molar-refractivity contribution in [1.82, 2.24) is 29.9 Å². The maximum atomic E-state index is 14.9. The Hall–Kier alpha value is -3.59. The van der Waals surface area contributed by atoms with Crippen molar-refractivity contribution in [1.29, 1.82) is 0 Å². The molecule has 2 saturated heterocycles. The summed E-state index contributed by atoms with van der Waals surface area (Å²) in [4.78, 5) is 10.9. The van der Waals surface area contributed by atoms with E-state index in [1.165, 1.54) is 0 Å². The van der Waals surface area contributed by atoms with Gasteiger partial charge in [-0.25, -0.2) is 9.37 Å². The van der Waals surface area contributed by atoms with Crippen LogP contribution in [0.5, 0.6) is 5.75 Å². The van der Waals surface area contributed by atoms with E-state index >= 15 is 0 Å². The van der Waals surface area contributed by atoms with E-state index in [1.807, 2.05) is 46.8 Å². The molecule has 6 rings (SSSR count). The maximum Gasteiger partial charge on any atom is 0.161 e. The lowest BCUT2D eigenvalue weighted by Gasteiger charge is -2.38. The Morgan fingerprint density at radius 3 is 2.82 bits per heavy atom. The smallest absolute Gasteiger partial charge is 0.161 e. The molecule has 168 valence electrons. The first-order valence-electron chi connectivity index (χ1n) is 11.1. The van der Waals surface area contributed by atoms with Gasteiger partial charge in [0.25, 0.3) is 0 Å². The van der Waals surface area contributed by atoms with Gasteiger partial charge in [0.05, 0.1) is 24.1 Å². The third kappa shape index (κ3) is 3.48. The first-order valence-corrected chi connectivity index (χ1v) is 11.1. The summed E-state index contributed by atoms with van der Waals surface area (Å²) in [6.07, 6.45) is 8.56. The summed E-state index contributed by atoms with van der Waals surface area (Å²) in [6.45, 7) is 0. The summed E-state index contributed by atoms with van der Waals surface area (Å²) in [5.41, 5.74) is 3.68. The lowest BCUT2D eigenvalue weighted by Crippen LogP contribution is -2.55. The molecule has 8 nitrogen and oxygen atoms in total. The zero-order valence-corrected chi connectivity index (χ0v) is 18.1. The number of nitrogens with one attached hydrogen (secondary N) is 1. The summed E-state index contributed by atoms with van der Waals surface area (Å²) in [5.74, 6) is 0.744. The molecule has 4 aromatic rings. The van der Waals surface area contributed by atoms with Gasteiger partial charge >= 0.3 is 0 Å². The topological polar surface area (TPSA) is 91.5 Å². The number of fused-ring (bicyclic) bond motifs is 3. The van der Waals surface area contributed by atoms with Gasteiger partial charge in [-0.3, -0.25) is 9.38 Å². The fraction of sp³-hybridized carbons (Fsp3) is 0.333. The van der Waals surface area contributed by atoms with Crippen LogP contribution in [0, 0.1) is 0 Å². The number of halogens is 1. The van der Waals surface area contributed by atoms with E-state index < -0.39 is 6.17 Å². The van der Waals surface area contributed by atoms with Gasteiger partial charge < -0.3 is 15.3 Å². The number of aromatic nitrogens is 5. The van der Waals surface area contributed by atoms with Crippen molar-refractivity contribution in [2.24, 2.45) is 0 Å². The van der Waals surface area contributed by atoms with E-state index in [-0.39, 0.29) is 17.8 Å². The second kappa shape index (κ2) is 7.77. The molecule has 1 aromatic carbocycles. The van der Waals surface area contributed by atoms with Crippen molar-refractivity contribution in [2.45, 2.75) is 43.6 Å². The molecule has 4 atom stereocenters. The first kappa shape index (κ1) is 20.0. The largest absolute Gasteiger partial charge is 0.507 e. The molecule has 0 spiro atoms. The van der Waals surface area contributed by atoms with Crippen LogP contribution < -0.4 is 10.2 Å². The summed E-state index contributed by atoms with van der Waals surface area (Å²) in [6, 6.07) is 9.42. The SMILES string of the molecule is CN(c1cnc(-c2ccc(-c3ccn4cnnc4c3)cc2O)cn1)[C@@H]1C[C@H]2CC[C@H](N2)[C@@H]1F. The number of hydrogen-bond donors (Lipinski definition) is 2. The fourth-order valence-electron chi connectivity index (χ4n) is 5.09. The van der Waals surface area contributed by atoms with Crippen LogP contribution in [0.1, 0.15) is 19.3 Å². The zero-order chi connectivity index (χ0) is 22.5. The highest BCUT2D eigenvalue weighted by Gasteiger charge is 2.43. The van der Waals surface area contributed by atoms with Crippen LogP contribution in [0.2, 0.25) is 0 Å². The minimum Gasteiger partial charge on any atom is -0.507 e. The predicted octanol–water partition coefficient (Wildman–Crippen LogP) is 3.23. The quantitative estimate of drug-likeness (QED) is 0.498. The molecule has 0 saturated carbocycles. The van der Waals surface area contributed by atoms with Crippen molar-refractivity contribution in [2.75, 3.05) is 11.9 Å². The Bertz CT molecular complexity index is 1310. The third-order valence-corrected chi connectivity index (χ3v) is 6.96. The molecule has 2 bridgehead atoms. The number of piperidine rings is 1. The van der Waals surface area contributed by atoms with E-state index in [4.69, 9.17) is 0 Å². The Balaban J connectivity index is 1.23. The van der Waals surface area contributed by atoms with E-state index in [9.17, 15) is 9.50 Å². The third-order valence-electron chi connectivity index (χ3n) is 6.96. The molecular weight excluding hydrogens is 421 g/mol. The Labute approximate surface area is 190 Å². The molecule has 5 heterocycles. The number of rotatable bonds is 4. The molecule has 0 unspecified atom stereocenters. The van der Waals surface area contributed by atoms with Gasteiger partial charge in [0, 0.05) is 30.9 Å². The van der Waals surface area contributed by atoms with Crippen LogP contribution in [-0.2, 0) is 0 Å². The van der Waals surface area contributed by atoms with Gasteiger partial charge in [-0.2, -0.15) is 0 Å². The highest BCUT2D eigenvalue weighted by Crippen LogP contribution is 2.35. The summed E-state index contributed by atoms with van der Waals surface area (Å²) in [7, 11) is 1.88. The molecule has 2 aliphatic rings. The monoisotopic (exact) mass is 445 g/mol. The van der Waals surface area contributed by atoms with Crippen molar-refractivity contribution < 1.29 is 9.50 Å². The van der Waals surface area contributed by atoms with Gasteiger partial charge in [-0.05, 0) is 54.7 Å². The normalized spacial score (nSPS) is 24.3. The second-order valence-electron chi connectivity index (χ2n) is 8.91. The lowest BCUT2D eigenvalue weighted by molar-refractivity contribution is 0.176. The summed E-state index contributed by atoms with van der Waals surface area (Å²) >= 11 is 0.